The molecule has 10 nitrogen and oxygen atoms in total. The van der Waals surface area contributed by atoms with Gasteiger partial charge in [-0.25, -0.2) is 13.2 Å². The third-order valence-corrected chi connectivity index (χ3v) is 6.45. The quantitative estimate of drug-likeness (QED) is 0.366. The fraction of sp³-hybridized carbons (Fsp3) is 0.316. The molecule has 0 atom stereocenters. The second-order valence-electron chi connectivity index (χ2n) is 6.34. The van der Waals surface area contributed by atoms with Gasteiger partial charge in [-0.15, -0.1) is 0 Å². The number of carbonyl (C=O) groups excluding carboxylic acids is 1. The zero-order chi connectivity index (χ0) is 21.7. The highest BCUT2D eigenvalue weighted by molar-refractivity contribution is 7.89. The Balaban J connectivity index is 1.84. The van der Waals surface area contributed by atoms with E-state index in [1.165, 1.54) is 47.8 Å². The molecule has 0 aliphatic carbocycles. The Kier molecular flexibility index (Phi) is 6.65. The minimum atomic E-state index is -3.91. The van der Waals surface area contributed by atoms with Gasteiger partial charge in [-0.2, -0.15) is 4.31 Å². The number of para-hydroxylation sites is 1. The van der Waals surface area contributed by atoms with Crippen LogP contribution in [0.1, 0.15) is 15.9 Å². The lowest BCUT2D eigenvalue weighted by Gasteiger charge is -2.26. The van der Waals surface area contributed by atoms with Crippen LogP contribution in [0.5, 0.6) is 5.75 Å². The summed E-state index contributed by atoms with van der Waals surface area (Å²) in [5, 5.41) is 11.1. The summed E-state index contributed by atoms with van der Waals surface area (Å²) in [6.45, 7) is 0.613. The van der Waals surface area contributed by atoms with Crippen molar-refractivity contribution < 1.29 is 32.3 Å². The molecule has 1 aliphatic heterocycles. The molecular formula is C19H20N2O8S. The van der Waals surface area contributed by atoms with E-state index < -0.39 is 20.9 Å². The van der Waals surface area contributed by atoms with Crippen LogP contribution in [-0.2, 0) is 26.1 Å². The van der Waals surface area contributed by atoms with Crippen LogP contribution in [0, 0.1) is 10.1 Å². The van der Waals surface area contributed by atoms with Crippen molar-refractivity contribution in [1.29, 1.82) is 0 Å². The van der Waals surface area contributed by atoms with Crippen LogP contribution in [0.15, 0.2) is 47.4 Å². The molecule has 0 unspecified atom stereocenters. The Hall–Kier alpha value is -3.02. The van der Waals surface area contributed by atoms with Gasteiger partial charge in [0.25, 0.3) is 5.69 Å². The number of sulfonamides is 1. The van der Waals surface area contributed by atoms with Gasteiger partial charge < -0.3 is 14.2 Å². The second kappa shape index (κ2) is 9.20. The molecule has 1 aliphatic rings. The predicted octanol–water partition coefficient (Wildman–Crippen LogP) is 1.98. The molecule has 1 heterocycles. The predicted molar refractivity (Wildman–Crippen MR) is 105 cm³/mol. The summed E-state index contributed by atoms with van der Waals surface area (Å²) < 4.78 is 42.8. The zero-order valence-electron chi connectivity index (χ0n) is 16.1. The minimum Gasteiger partial charge on any atom is -0.495 e. The number of methoxy groups -OCH3 is 1. The highest BCUT2D eigenvalue weighted by Gasteiger charge is 2.30. The largest absolute Gasteiger partial charge is 0.495 e. The third kappa shape index (κ3) is 4.58. The average Bonchev–Trinajstić information content (AvgIpc) is 2.77. The number of nitro groups is 1. The molecular weight excluding hydrogens is 416 g/mol. The van der Waals surface area contributed by atoms with Gasteiger partial charge >= 0.3 is 5.97 Å². The number of benzene rings is 2. The fourth-order valence-electron chi connectivity index (χ4n) is 2.97. The molecule has 1 fully saturated rings. The van der Waals surface area contributed by atoms with E-state index in [4.69, 9.17) is 14.2 Å². The third-order valence-electron chi connectivity index (χ3n) is 4.53. The van der Waals surface area contributed by atoms with E-state index in [2.05, 4.69) is 0 Å². The number of nitro benzene ring substituents is 1. The normalized spacial score (nSPS) is 14.8. The van der Waals surface area contributed by atoms with Crippen molar-refractivity contribution in [2.45, 2.75) is 11.5 Å². The number of nitrogens with zero attached hydrogens (tertiary/aromatic N) is 2. The average molecular weight is 436 g/mol. The Morgan fingerprint density at radius 1 is 1.20 bits per heavy atom. The second-order valence-corrected chi connectivity index (χ2v) is 8.25. The highest BCUT2D eigenvalue weighted by atomic mass is 32.2. The first-order valence-corrected chi connectivity index (χ1v) is 10.4. The number of esters is 1. The van der Waals surface area contributed by atoms with Crippen molar-refractivity contribution >= 4 is 21.7 Å². The first-order chi connectivity index (χ1) is 14.3. The van der Waals surface area contributed by atoms with Crippen molar-refractivity contribution in [3.63, 3.8) is 0 Å². The Morgan fingerprint density at radius 2 is 1.90 bits per heavy atom. The molecule has 0 spiro atoms. The van der Waals surface area contributed by atoms with E-state index in [-0.39, 0.29) is 60.4 Å². The highest BCUT2D eigenvalue weighted by Crippen LogP contribution is 2.29. The van der Waals surface area contributed by atoms with Crippen molar-refractivity contribution in [2.75, 3.05) is 33.4 Å². The summed E-state index contributed by atoms with van der Waals surface area (Å²) in [5.74, 6) is -0.717. The molecule has 0 amide bonds. The lowest BCUT2D eigenvalue weighted by molar-refractivity contribution is -0.385. The molecule has 0 bridgehead atoms. The van der Waals surface area contributed by atoms with Crippen molar-refractivity contribution in [2.24, 2.45) is 0 Å². The lowest BCUT2D eigenvalue weighted by Crippen LogP contribution is -2.40. The maximum atomic E-state index is 13.0. The van der Waals surface area contributed by atoms with Gasteiger partial charge in [-0.05, 0) is 24.3 Å². The molecule has 0 saturated carbocycles. The number of rotatable bonds is 7. The summed E-state index contributed by atoms with van der Waals surface area (Å²) in [7, 11) is -2.58. The van der Waals surface area contributed by atoms with Gasteiger partial charge in [0, 0.05) is 19.2 Å². The Morgan fingerprint density at radius 3 is 2.57 bits per heavy atom. The molecule has 3 rings (SSSR count). The van der Waals surface area contributed by atoms with Gasteiger partial charge in [0.1, 0.15) is 17.3 Å². The van der Waals surface area contributed by atoms with Crippen LogP contribution >= 0.6 is 0 Å². The first-order valence-electron chi connectivity index (χ1n) is 9.00. The van der Waals surface area contributed by atoms with Gasteiger partial charge in [-0.1, -0.05) is 12.1 Å². The number of ether oxygens (including phenoxy) is 3. The van der Waals surface area contributed by atoms with E-state index in [1.54, 1.807) is 6.07 Å². The van der Waals surface area contributed by atoms with E-state index in [0.29, 0.717) is 0 Å². The zero-order valence-corrected chi connectivity index (χ0v) is 17.0. The van der Waals surface area contributed by atoms with E-state index in [9.17, 15) is 23.3 Å². The van der Waals surface area contributed by atoms with Crippen LogP contribution in [0.3, 0.4) is 0 Å². The summed E-state index contributed by atoms with van der Waals surface area (Å²) >= 11 is 0. The summed E-state index contributed by atoms with van der Waals surface area (Å²) in [6, 6.07) is 9.82. The number of hydrogen-bond acceptors (Lipinski definition) is 8. The van der Waals surface area contributed by atoms with Crippen molar-refractivity contribution in [1.82, 2.24) is 4.31 Å². The minimum absolute atomic E-state index is 0.0128. The van der Waals surface area contributed by atoms with Crippen LogP contribution in [0.25, 0.3) is 0 Å². The van der Waals surface area contributed by atoms with Gasteiger partial charge in [0.05, 0.1) is 36.4 Å². The smallest absolute Gasteiger partial charge is 0.338 e. The van der Waals surface area contributed by atoms with Gasteiger partial charge in [0.15, 0.2) is 0 Å². The monoisotopic (exact) mass is 436 g/mol. The topological polar surface area (TPSA) is 125 Å². The first kappa shape index (κ1) is 21.7. The summed E-state index contributed by atoms with van der Waals surface area (Å²) in [5.41, 5.74) is 0.0438. The maximum Gasteiger partial charge on any atom is 0.338 e. The molecule has 0 radical (unpaired) electrons. The summed E-state index contributed by atoms with van der Waals surface area (Å²) in [6.07, 6.45) is 0. The number of morpholine rings is 1. The molecule has 0 N–H and O–H groups in total. The molecule has 0 aromatic heterocycles. The maximum absolute atomic E-state index is 13.0. The van der Waals surface area contributed by atoms with Gasteiger partial charge in [0.2, 0.25) is 10.0 Å². The Bertz CT molecular complexity index is 1050. The molecule has 11 heteroatoms. The van der Waals surface area contributed by atoms with Crippen molar-refractivity contribution in [3.8, 4) is 5.75 Å². The summed E-state index contributed by atoms with van der Waals surface area (Å²) in [4.78, 5) is 22.9. The molecule has 30 heavy (non-hydrogen) atoms. The number of carbonyl (C=O) groups is 1. The van der Waals surface area contributed by atoms with E-state index >= 15 is 0 Å². The fourth-order valence-corrected chi connectivity index (χ4v) is 4.56. The van der Waals surface area contributed by atoms with Crippen LogP contribution in [-0.4, -0.2) is 57.0 Å². The molecule has 1 saturated heterocycles. The van der Waals surface area contributed by atoms with E-state index in [0.717, 1.165) is 0 Å². The van der Waals surface area contributed by atoms with Gasteiger partial charge in [-0.3, -0.25) is 10.1 Å². The van der Waals surface area contributed by atoms with Crippen LogP contribution < -0.4 is 4.74 Å². The standard InChI is InChI=1S/C19H20N2O8S/c1-27-17-7-6-14(12-18(17)30(25,26)20-8-10-28-11-9-20)19(22)29-13-15-4-2-3-5-16(15)21(23)24/h2-7,12H,8-11,13H2,1H3. The van der Waals surface area contributed by atoms with Crippen LogP contribution in [0.2, 0.25) is 0 Å². The Labute approximate surface area is 173 Å². The van der Waals surface area contributed by atoms with Crippen molar-refractivity contribution in [3.05, 3.63) is 63.7 Å². The van der Waals surface area contributed by atoms with E-state index in [1.807, 2.05) is 0 Å². The SMILES string of the molecule is COc1ccc(C(=O)OCc2ccccc2[N+](=O)[O-])cc1S(=O)(=O)N1CCOCC1. The number of hydrogen-bond donors (Lipinski definition) is 0. The lowest BCUT2D eigenvalue weighted by atomic mass is 10.2. The molecule has 160 valence electrons. The molecule has 2 aromatic carbocycles. The molecule has 2 aromatic rings. The van der Waals surface area contributed by atoms with Crippen LogP contribution in [0.4, 0.5) is 5.69 Å².